The van der Waals surface area contributed by atoms with Crippen molar-refractivity contribution in [3.8, 4) is 23.4 Å². The van der Waals surface area contributed by atoms with E-state index in [1.54, 1.807) is 42.2 Å². The lowest BCUT2D eigenvalue weighted by Crippen LogP contribution is -2.32. The first-order chi connectivity index (χ1) is 19.3. The van der Waals surface area contributed by atoms with Crippen LogP contribution in [-0.2, 0) is 10.2 Å². The molecule has 1 aliphatic heterocycles. The van der Waals surface area contributed by atoms with Crippen LogP contribution < -0.4 is 19.7 Å². The smallest absolute Gasteiger partial charge is 0.301 e. The van der Waals surface area contributed by atoms with E-state index in [-0.39, 0.29) is 23.5 Å². The van der Waals surface area contributed by atoms with E-state index in [2.05, 4.69) is 30.0 Å². The zero-order chi connectivity index (χ0) is 28.3. The Hall–Kier alpha value is -4.32. The van der Waals surface area contributed by atoms with E-state index in [1.165, 1.54) is 13.1 Å². The number of aromatic nitrogens is 4. The Balaban J connectivity index is 1.43. The molecule has 12 nitrogen and oxygen atoms in total. The van der Waals surface area contributed by atoms with E-state index >= 15 is 0 Å². The molecular weight excluding hydrogens is 537 g/mol. The van der Waals surface area contributed by atoms with Crippen molar-refractivity contribution in [2.75, 3.05) is 49.4 Å². The first-order valence-electron chi connectivity index (χ1n) is 12.7. The van der Waals surface area contributed by atoms with Crippen LogP contribution in [0.1, 0.15) is 18.9 Å². The molecule has 2 aromatic carbocycles. The molecule has 14 heteroatoms. The highest BCUT2D eigenvalue weighted by Gasteiger charge is 2.22. The van der Waals surface area contributed by atoms with Gasteiger partial charge >= 0.3 is 10.2 Å². The molecule has 4 aromatic rings. The Labute approximate surface area is 231 Å². The number of nitriles is 1. The first kappa shape index (κ1) is 27.3. The van der Waals surface area contributed by atoms with Gasteiger partial charge in [0, 0.05) is 39.3 Å². The zero-order valence-corrected chi connectivity index (χ0v) is 22.8. The van der Waals surface area contributed by atoms with Crippen LogP contribution in [-0.4, -0.2) is 72.2 Å². The molecule has 1 aliphatic rings. The summed E-state index contributed by atoms with van der Waals surface area (Å²) in [6.45, 7) is 5.58. The zero-order valence-electron chi connectivity index (χ0n) is 22.0. The van der Waals surface area contributed by atoms with Crippen molar-refractivity contribution < 1.29 is 17.5 Å². The van der Waals surface area contributed by atoms with E-state index in [1.807, 2.05) is 12.3 Å². The molecule has 2 N–H and O–H groups in total. The third-order valence-electron chi connectivity index (χ3n) is 6.55. The van der Waals surface area contributed by atoms with Gasteiger partial charge in [-0.05, 0) is 37.2 Å². The Bertz CT molecular complexity index is 1680. The number of fused-ring (bicyclic) bond motifs is 1. The summed E-state index contributed by atoms with van der Waals surface area (Å²) in [4.78, 5) is 11.4. The van der Waals surface area contributed by atoms with Gasteiger partial charge < -0.3 is 15.0 Å². The van der Waals surface area contributed by atoms with Gasteiger partial charge in [-0.25, -0.2) is 14.1 Å². The summed E-state index contributed by atoms with van der Waals surface area (Å²) >= 11 is 0. The van der Waals surface area contributed by atoms with Gasteiger partial charge in [0.15, 0.2) is 17.4 Å². The molecule has 40 heavy (non-hydrogen) atoms. The second kappa shape index (κ2) is 11.4. The minimum absolute atomic E-state index is 0.100. The van der Waals surface area contributed by atoms with Crippen molar-refractivity contribution in [1.29, 1.82) is 5.26 Å². The highest BCUT2D eigenvalue weighted by molar-refractivity contribution is 7.90. The Kier molecular flexibility index (Phi) is 7.78. The topological polar surface area (TPSA) is 141 Å². The molecule has 0 spiro atoms. The van der Waals surface area contributed by atoms with Crippen LogP contribution in [0.25, 0.3) is 16.9 Å². The molecule has 0 saturated carbocycles. The van der Waals surface area contributed by atoms with Crippen molar-refractivity contribution in [3.63, 3.8) is 0 Å². The Morgan fingerprint density at radius 3 is 2.85 bits per heavy atom. The number of hydrogen-bond acceptors (Lipinski definition) is 9. The molecule has 0 atom stereocenters. The van der Waals surface area contributed by atoms with Gasteiger partial charge in [0.1, 0.15) is 17.4 Å². The molecule has 2 aromatic heterocycles. The predicted octanol–water partition coefficient (Wildman–Crippen LogP) is 3.03. The largest absolute Gasteiger partial charge is 0.453 e. The quantitative estimate of drug-likeness (QED) is 0.330. The van der Waals surface area contributed by atoms with Crippen LogP contribution in [0.2, 0.25) is 0 Å². The molecule has 0 bridgehead atoms. The van der Waals surface area contributed by atoms with Gasteiger partial charge in [-0.15, -0.1) is 0 Å². The maximum Gasteiger partial charge on any atom is 0.301 e. The van der Waals surface area contributed by atoms with Crippen LogP contribution in [0.15, 0.2) is 48.9 Å². The predicted molar refractivity (Wildman–Crippen MR) is 148 cm³/mol. The van der Waals surface area contributed by atoms with E-state index < -0.39 is 21.8 Å². The first-order valence-corrected chi connectivity index (χ1v) is 14.1. The molecule has 0 amide bonds. The van der Waals surface area contributed by atoms with Gasteiger partial charge in [-0.1, -0.05) is 6.92 Å². The van der Waals surface area contributed by atoms with E-state index in [4.69, 9.17) is 4.74 Å². The Morgan fingerprint density at radius 2 is 2.05 bits per heavy atom. The van der Waals surface area contributed by atoms with Gasteiger partial charge in [0.2, 0.25) is 0 Å². The molecule has 0 aliphatic carbocycles. The number of rotatable bonds is 8. The molecule has 1 fully saturated rings. The van der Waals surface area contributed by atoms with E-state index in [9.17, 15) is 18.1 Å². The molecular formula is C26H28FN9O3S. The highest BCUT2D eigenvalue weighted by atomic mass is 32.2. The summed E-state index contributed by atoms with van der Waals surface area (Å²) in [6, 6.07) is 8.86. The van der Waals surface area contributed by atoms with Crippen LogP contribution in [0, 0.1) is 17.1 Å². The minimum Gasteiger partial charge on any atom is -0.453 e. The SMILES string of the molecule is CCN(C)S(=O)(=O)Nc1ccc(F)c(Oc2ccc3ncc(-n4cc(N5CCCNCC5)cn4)nc3c2)c1C#N. The standard InChI is InChI=1S/C26H28FN9O3S/c1-3-34(2)40(37,38)33-22-8-6-21(27)26(20(22)14-28)39-19-5-7-23-24(13-19)32-25(16-30-23)36-17-18(15-31-36)35-11-4-9-29-10-12-35/h5-8,13,15-17,29,33H,3-4,9-12H2,1-2H3. The number of hydrogen-bond donors (Lipinski definition) is 2. The fraction of sp³-hybridized carbons (Fsp3) is 0.308. The lowest BCUT2D eigenvalue weighted by atomic mass is 10.1. The number of nitrogens with zero attached hydrogens (tertiary/aromatic N) is 7. The maximum atomic E-state index is 14.8. The molecule has 208 valence electrons. The molecule has 0 unspecified atom stereocenters. The van der Waals surface area contributed by atoms with Gasteiger partial charge in [0.05, 0.1) is 41.0 Å². The van der Waals surface area contributed by atoms with Crippen molar-refractivity contribution >= 4 is 32.6 Å². The number of benzene rings is 2. The van der Waals surface area contributed by atoms with E-state index in [0.717, 1.165) is 48.7 Å². The van der Waals surface area contributed by atoms with Crippen LogP contribution >= 0.6 is 0 Å². The lowest BCUT2D eigenvalue weighted by molar-refractivity contribution is 0.441. The third kappa shape index (κ3) is 5.67. The summed E-state index contributed by atoms with van der Waals surface area (Å²) in [6.07, 6.45) is 6.35. The average Bonchev–Trinajstić information content (AvgIpc) is 3.29. The number of ether oxygens (including phenoxy) is 1. The van der Waals surface area contributed by atoms with Crippen LogP contribution in [0.3, 0.4) is 0 Å². The van der Waals surface area contributed by atoms with Crippen LogP contribution in [0.4, 0.5) is 15.8 Å². The molecule has 0 radical (unpaired) electrons. The van der Waals surface area contributed by atoms with Crippen molar-refractivity contribution in [2.45, 2.75) is 13.3 Å². The number of halogens is 1. The summed E-state index contributed by atoms with van der Waals surface area (Å²) in [5.41, 5.74) is 1.64. The van der Waals surface area contributed by atoms with Crippen LogP contribution in [0.5, 0.6) is 11.5 Å². The van der Waals surface area contributed by atoms with E-state index in [0.29, 0.717) is 16.9 Å². The molecule has 1 saturated heterocycles. The van der Waals surface area contributed by atoms with Gasteiger partial charge in [-0.3, -0.25) is 9.71 Å². The molecule has 5 rings (SSSR count). The van der Waals surface area contributed by atoms with Crippen molar-refractivity contribution in [2.24, 2.45) is 0 Å². The Morgan fingerprint density at radius 1 is 1.20 bits per heavy atom. The maximum absolute atomic E-state index is 14.8. The lowest BCUT2D eigenvalue weighted by Gasteiger charge is -2.19. The fourth-order valence-corrected chi connectivity index (χ4v) is 5.16. The van der Waals surface area contributed by atoms with Gasteiger partial charge in [0.25, 0.3) is 0 Å². The average molecular weight is 566 g/mol. The number of anilines is 2. The normalized spacial score (nSPS) is 14.2. The second-order valence-electron chi connectivity index (χ2n) is 9.15. The number of nitrogens with one attached hydrogen (secondary N) is 2. The second-order valence-corrected chi connectivity index (χ2v) is 10.9. The third-order valence-corrected chi connectivity index (χ3v) is 8.10. The summed E-state index contributed by atoms with van der Waals surface area (Å²) in [5, 5.41) is 17.6. The van der Waals surface area contributed by atoms with Crippen molar-refractivity contribution in [1.82, 2.24) is 29.4 Å². The molecule has 3 heterocycles. The van der Waals surface area contributed by atoms with Gasteiger partial charge in [-0.2, -0.15) is 23.1 Å². The summed E-state index contributed by atoms with van der Waals surface area (Å²) in [7, 11) is -2.56. The summed E-state index contributed by atoms with van der Waals surface area (Å²) in [5.74, 6) is -0.549. The highest BCUT2D eigenvalue weighted by Crippen LogP contribution is 2.34. The van der Waals surface area contributed by atoms with Crippen molar-refractivity contribution in [3.05, 3.63) is 60.3 Å². The fourth-order valence-electron chi connectivity index (χ4n) is 4.22. The monoisotopic (exact) mass is 565 g/mol. The summed E-state index contributed by atoms with van der Waals surface area (Å²) < 4.78 is 50.6. The minimum atomic E-state index is -3.94.